The maximum absolute atomic E-state index is 6.16. The van der Waals surface area contributed by atoms with Crippen LogP contribution in [0.2, 0.25) is 0 Å². The summed E-state index contributed by atoms with van der Waals surface area (Å²) >= 11 is 0. The summed E-state index contributed by atoms with van der Waals surface area (Å²) in [7, 11) is 0. The monoisotopic (exact) mass is 739 g/mol. The summed E-state index contributed by atoms with van der Waals surface area (Å²) in [5.41, 5.74) is 14.5. The third-order valence-electron chi connectivity index (χ3n) is 11.5. The van der Waals surface area contributed by atoms with Crippen molar-refractivity contribution in [2.75, 3.05) is 4.90 Å². The van der Waals surface area contributed by atoms with Crippen LogP contribution in [0.25, 0.3) is 88.0 Å². The van der Waals surface area contributed by atoms with Gasteiger partial charge in [-0.15, -0.1) is 0 Å². The quantitative estimate of drug-likeness (QED) is 0.151. The fraction of sp³-hybridized carbons (Fsp3) is 0. The zero-order valence-corrected chi connectivity index (χ0v) is 31.7. The van der Waals surface area contributed by atoms with Crippen molar-refractivity contribution in [1.82, 2.24) is 0 Å². The van der Waals surface area contributed by atoms with Crippen LogP contribution >= 0.6 is 0 Å². The molecule has 2 nitrogen and oxygen atoms in total. The second-order valence-corrected chi connectivity index (χ2v) is 14.9. The first-order valence-electron chi connectivity index (χ1n) is 19.8. The highest BCUT2D eigenvalue weighted by Gasteiger charge is 2.23. The van der Waals surface area contributed by atoms with E-state index in [0.717, 1.165) is 50.1 Å². The molecule has 0 unspecified atom stereocenters. The van der Waals surface area contributed by atoms with E-state index in [9.17, 15) is 0 Å². The average molecular weight is 740 g/mol. The summed E-state index contributed by atoms with van der Waals surface area (Å²) in [6, 6.07) is 80.9. The second kappa shape index (κ2) is 14.1. The van der Waals surface area contributed by atoms with Gasteiger partial charge in [-0.05, 0) is 115 Å². The van der Waals surface area contributed by atoms with Crippen molar-refractivity contribution in [2.24, 2.45) is 0 Å². The summed E-state index contributed by atoms with van der Waals surface area (Å²) in [5.74, 6) is 0. The van der Waals surface area contributed by atoms with Crippen molar-refractivity contribution < 1.29 is 4.42 Å². The Kier molecular flexibility index (Phi) is 8.19. The number of nitrogens with zero attached hydrogens (tertiary/aromatic N) is 1. The minimum atomic E-state index is 0.902. The predicted molar refractivity (Wildman–Crippen MR) is 245 cm³/mol. The van der Waals surface area contributed by atoms with Gasteiger partial charge in [0.25, 0.3) is 0 Å². The third-order valence-corrected chi connectivity index (χ3v) is 11.5. The Morgan fingerprint density at radius 3 is 1.55 bits per heavy atom. The lowest BCUT2D eigenvalue weighted by molar-refractivity contribution is 0.669. The van der Waals surface area contributed by atoms with E-state index < -0.39 is 0 Å². The van der Waals surface area contributed by atoms with Crippen LogP contribution in [0.15, 0.2) is 229 Å². The van der Waals surface area contributed by atoms with Gasteiger partial charge < -0.3 is 9.32 Å². The number of rotatable bonds is 7. The Morgan fingerprint density at radius 2 is 0.828 bits per heavy atom. The third kappa shape index (κ3) is 5.82. The topological polar surface area (TPSA) is 16.4 Å². The molecule has 58 heavy (non-hydrogen) atoms. The molecule has 1 heterocycles. The van der Waals surface area contributed by atoms with Gasteiger partial charge in [-0.3, -0.25) is 0 Å². The molecule has 11 rings (SSSR count). The lowest BCUT2D eigenvalue weighted by Gasteiger charge is -2.30. The van der Waals surface area contributed by atoms with Crippen molar-refractivity contribution in [3.8, 4) is 44.5 Å². The largest absolute Gasteiger partial charge is 0.456 e. The number of para-hydroxylation sites is 1. The van der Waals surface area contributed by atoms with Gasteiger partial charge in [0.2, 0.25) is 0 Å². The molecule has 0 aliphatic rings. The first-order valence-corrected chi connectivity index (χ1v) is 19.8. The molecule has 0 atom stereocenters. The van der Waals surface area contributed by atoms with Crippen LogP contribution < -0.4 is 4.90 Å². The van der Waals surface area contributed by atoms with Gasteiger partial charge in [0, 0.05) is 27.7 Å². The van der Waals surface area contributed by atoms with Crippen LogP contribution in [0.4, 0.5) is 17.1 Å². The molecule has 2 heteroatoms. The minimum absolute atomic E-state index is 0.902. The molecule has 0 radical (unpaired) electrons. The molecular formula is C56H37NO. The molecule has 272 valence electrons. The molecule has 1 aromatic heterocycles. The second-order valence-electron chi connectivity index (χ2n) is 14.9. The molecule has 0 amide bonds. The summed E-state index contributed by atoms with van der Waals surface area (Å²) in [5, 5.41) is 7.20. The highest BCUT2D eigenvalue weighted by atomic mass is 16.3. The molecule has 0 aliphatic heterocycles. The molecule has 0 saturated heterocycles. The van der Waals surface area contributed by atoms with E-state index in [1.165, 1.54) is 54.9 Å². The fourth-order valence-electron chi connectivity index (χ4n) is 8.70. The number of fused-ring (bicyclic) bond motifs is 6. The van der Waals surface area contributed by atoms with Gasteiger partial charge in [0.15, 0.2) is 0 Å². The van der Waals surface area contributed by atoms with Crippen LogP contribution in [0.5, 0.6) is 0 Å². The summed E-state index contributed by atoms with van der Waals surface area (Å²) in [6.45, 7) is 0. The van der Waals surface area contributed by atoms with E-state index in [1.54, 1.807) is 0 Å². The Balaban J connectivity index is 1.14. The highest BCUT2D eigenvalue weighted by molar-refractivity contribution is 6.16. The first-order chi connectivity index (χ1) is 28.8. The van der Waals surface area contributed by atoms with Gasteiger partial charge in [-0.25, -0.2) is 0 Å². The average Bonchev–Trinajstić information content (AvgIpc) is 3.68. The van der Waals surface area contributed by atoms with Gasteiger partial charge in [-0.1, -0.05) is 170 Å². The lowest BCUT2D eigenvalue weighted by Crippen LogP contribution is -2.12. The van der Waals surface area contributed by atoms with E-state index in [1.807, 2.05) is 12.1 Å². The highest BCUT2D eigenvalue weighted by Crippen LogP contribution is 2.48. The molecule has 0 aliphatic carbocycles. The van der Waals surface area contributed by atoms with Crippen molar-refractivity contribution >= 4 is 60.5 Å². The van der Waals surface area contributed by atoms with Gasteiger partial charge in [0.05, 0.1) is 5.69 Å². The first kappa shape index (κ1) is 33.6. The van der Waals surface area contributed by atoms with Crippen LogP contribution in [0.1, 0.15) is 0 Å². The summed E-state index contributed by atoms with van der Waals surface area (Å²) in [4.78, 5) is 2.43. The minimum Gasteiger partial charge on any atom is -0.456 e. The van der Waals surface area contributed by atoms with Crippen molar-refractivity contribution in [2.45, 2.75) is 0 Å². The fourth-order valence-corrected chi connectivity index (χ4v) is 8.70. The Morgan fingerprint density at radius 1 is 0.293 bits per heavy atom. The van der Waals surface area contributed by atoms with Crippen molar-refractivity contribution in [3.63, 3.8) is 0 Å². The van der Waals surface area contributed by atoms with E-state index >= 15 is 0 Å². The molecule has 0 fully saturated rings. The number of hydrogen-bond donors (Lipinski definition) is 0. The zero-order valence-electron chi connectivity index (χ0n) is 31.7. The van der Waals surface area contributed by atoms with Gasteiger partial charge >= 0.3 is 0 Å². The molecule has 10 aromatic carbocycles. The van der Waals surface area contributed by atoms with Gasteiger partial charge in [0.1, 0.15) is 11.2 Å². The number of anilines is 3. The molecular weight excluding hydrogens is 703 g/mol. The molecule has 0 saturated carbocycles. The van der Waals surface area contributed by atoms with E-state index in [-0.39, 0.29) is 0 Å². The Bertz CT molecular complexity index is 3250. The molecule has 11 aromatic rings. The Labute approximate surface area is 337 Å². The van der Waals surface area contributed by atoms with Crippen molar-refractivity contribution in [3.05, 3.63) is 224 Å². The molecule has 0 spiro atoms. The van der Waals surface area contributed by atoms with Crippen LogP contribution in [0, 0.1) is 0 Å². The smallest absolute Gasteiger partial charge is 0.135 e. The lowest BCUT2D eigenvalue weighted by atomic mass is 9.87. The number of hydrogen-bond acceptors (Lipinski definition) is 2. The Hall–Kier alpha value is -7.68. The van der Waals surface area contributed by atoms with Crippen LogP contribution in [-0.2, 0) is 0 Å². The molecule has 0 N–H and O–H groups in total. The summed E-state index contributed by atoms with van der Waals surface area (Å²) < 4.78 is 6.16. The maximum atomic E-state index is 6.16. The predicted octanol–water partition coefficient (Wildman–Crippen LogP) is 16.0. The van der Waals surface area contributed by atoms with E-state index in [4.69, 9.17) is 4.42 Å². The van der Waals surface area contributed by atoms with Crippen LogP contribution in [0.3, 0.4) is 0 Å². The SMILES string of the molecule is c1ccc(-c2ccc(N(c3ccc(-c4ccc5oc6ccccc6c5c4)cc3)c3cccc(-c4ccccc4)c3-c3cc4ccccc4c4ccccc34)cc2)cc1. The summed E-state index contributed by atoms with van der Waals surface area (Å²) in [6.07, 6.45) is 0. The number of benzene rings is 10. The van der Waals surface area contributed by atoms with E-state index in [0.29, 0.717) is 0 Å². The maximum Gasteiger partial charge on any atom is 0.135 e. The normalized spacial score (nSPS) is 11.4. The molecule has 0 bridgehead atoms. The zero-order chi connectivity index (χ0) is 38.4. The standard InChI is InChI=1S/C56H37NO/c1-3-14-38(15-4-1)39-26-31-44(32-27-39)57(45-33-28-40(29-34-45)42-30-35-55-51(36-42)50-22-11-12-25-54(50)58-55)53-24-13-23-47(41-16-5-2-6-17-41)56(53)52-37-43-18-7-8-19-46(43)48-20-9-10-21-49(48)52/h1-37H. The van der Waals surface area contributed by atoms with Gasteiger partial charge in [-0.2, -0.15) is 0 Å². The van der Waals surface area contributed by atoms with Crippen LogP contribution in [-0.4, -0.2) is 0 Å². The number of furan rings is 1. The van der Waals surface area contributed by atoms with E-state index in [2.05, 4.69) is 217 Å². The van der Waals surface area contributed by atoms with Crippen molar-refractivity contribution in [1.29, 1.82) is 0 Å².